The van der Waals surface area contributed by atoms with Crippen LogP contribution in [0.25, 0.3) is 0 Å². The average molecular weight is 314 g/mol. The van der Waals surface area contributed by atoms with Gasteiger partial charge in [-0.3, -0.25) is 4.79 Å². The molecule has 0 saturated carbocycles. The topological polar surface area (TPSA) is 60.5 Å². The van der Waals surface area contributed by atoms with Gasteiger partial charge in [0.25, 0.3) is 5.91 Å². The molecule has 1 unspecified atom stereocenters. The average Bonchev–Trinajstić information content (AvgIpc) is 2.55. The predicted molar refractivity (Wildman–Crippen MR) is 88.8 cm³/mol. The molecule has 1 amide bonds. The van der Waals surface area contributed by atoms with Gasteiger partial charge in [0.1, 0.15) is 11.5 Å². The molecule has 5 nitrogen and oxygen atoms in total. The number of nitrogens with zero attached hydrogens (tertiary/aromatic N) is 1. The van der Waals surface area contributed by atoms with Crippen molar-refractivity contribution >= 4 is 5.91 Å². The maximum Gasteiger partial charge on any atom is 0.258 e. The Bertz CT molecular complexity index is 599. The van der Waals surface area contributed by atoms with Crippen LogP contribution in [0.3, 0.4) is 0 Å². The molecule has 2 rings (SSSR count). The first-order valence-corrected chi connectivity index (χ1v) is 7.78. The van der Waals surface area contributed by atoms with Crippen LogP contribution in [0, 0.1) is 0 Å². The molecular formula is C18H22N2O3. The van der Waals surface area contributed by atoms with Crippen molar-refractivity contribution in [2.75, 3.05) is 6.61 Å². The van der Waals surface area contributed by atoms with E-state index in [9.17, 15) is 4.79 Å². The van der Waals surface area contributed by atoms with E-state index in [1.165, 1.54) is 0 Å². The van der Waals surface area contributed by atoms with Gasteiger partial charge in [-0.05, 0) is 43.7 Å². The highest BCUT2D eigenvalue weighted by molar-refractivity contribution is 5.77. The molecular weight excluding hydrogens is 292 g/mol. The summed E-state index contributed by atoms with van der Waals surface area (Å²) in [6.07, 6.45) is 3.68. The first kappa shape index (κ1) is 16.8. The van der Waals surface area contributed by atoms with E-state index in [2.05, 4.69) is 17.2 Å². The van der Waals surface area contributed by atoms with Gasteiger partial charge in [0.2, 0.25) is 5.88 Å². The highest BCUT2D eigenvalue weighted by Crippen LogP contribution is 2.22. The van der Waals surface area contributed by atoms with Crippen molar-refractivity contribution in [2.45, 2.75) is 32.7 Å². The summed E-state index contributed by atoms with van der Waals surface area (Å²) in [5, 5.41) is 2.90. The number of benzene rings is 1. The maximum atomic E-state index is 11.7. The van der Waals surface area contributed by atoms with Crippen molar-refractivity contribution in [3.8, 4) is 17.4 Å². The number of nitrogens with one attached hydrogen (secondary N) is 1. The van der Waals surface area contributed by atoms with E-state index < -0.39 is 0 Å². The minimum absolute atomic E-state index is 0.00843. The summed E-state index contributed by atoms with van der Waals surface area (Å²) in [6.45, 7) is 4.09. The Morgan fingerprint density at radius 2 is 1.91 bits per heavy atom. The molecule has 1 atom stereocenters. The second-order valence-corrected chi connectivity index (χ2v) is 5.29. The number of aromatic nitrogens is 1. The number of ether oxygens (including phenoxy) is 2. The number of hydrogen-bond donors (Lipinski definition) is 1. The molecule has 0 fully saturated rings. The fraction of sp³-hybridized carbons (Fsp3) is 0.333. The van der Waals surface area contributed by atoms with Gasteiger partial charge in [0.15, 0.2) is 6.61 Å². The molecule has 2 aromatic rings. The summed E-state index contributed by atoms with van der Waals surface area (Å²) in [5.41, 5.74) is 0. The lowest BCUT2D eigenvalue weighted by Crippen LogP contribution is -2.35. The second kappa shape index (κ2) is 8.78. The summed E-state index contributed by atoms with van der Waals surface area (Å²) >= 11 is 0. The molecule has 0 radical (unpaired) electrons. The van der Waals surface area contributed by atoms with Crippen LogP contribution in [0.1, 0.15) is 26.7 Å². The normalized spacial score (nSPS) is 11.6. The van der Waals surface area contributed by atoms with E-state index in [1.54, 1.807) is 36.5 Å². The summed E-state index contributed by atoms with van der Waals surface area (Å²) in [5.74, 6) is 1.71. The summed E-state index contributed by atoms with van der Waals surface area (Å²) in [6, 6.07) is 12.7. The smallest absolute Gasteiger partial charge is 0.258 e. The van der Waals surface area contributed by atoms with Crippen molar-refractivity contribution in [3.63, 3.8) is 0 Å². The Morgan fingerprint density at radius 1 is 1.17 bits per heavy atom. The van der Waals surface area contributed by atoms with E-state index in [0.717, 1.165) is 12.8 Å². The standard InChI is InChI=1S/C18H22N2O3/c1-3-6-14(2)20-17(21)13-22-15-8-10-16(11-9-15)23-18-7-4-5-12-19-18/h4-5,7-12,14H,3,6,13H2,1-2H3,(H,20,21). The molecule has 0 aliphatic rings. The van der Waals surface area contributed by atoms with Crippen molar-refractivity contribution in [1.82, 2.24) is 10.3 Å². The lowest BCUT2D eigenvalue weighted by Gasteiger charge is -2.13. The third-order valence-electron chi connectivity index (χ3n) is 3.18. The zero-order valence-electron chi connectivity index (χ0n) is 13.5. The van der Waals surface area contributed by atoms with Crippen LogP contribution in [0.2, 0.25) is 0 Å². The van der Waals surface area contributed by atoms with Crippen molar-refractivity contribution in [1.29, 1.82) is 0 Å². The van der Waals surface area contributed by atoms with Crippen LogP contribution in [0.5, 0.6) is 17.4 Å². The highest BCUT2D eigenvalue weighted by atomic mass is 16.5. The summed E-state index contributed by atoms with van der Waals surface area (Å²) in [7, 11) is 0. The molecule has 122 valence electrons. The van der Waals surface area contributed by atoms with Gasteiger partial charge in [-0.1, -0.05) is 19.4 Å². The number of pyridine rings is 1. The molecule has 1 N–H and O–H groups in total. The maximum absolute atomic E-state index is 11.7. The van der Waals surface area contributed by atoms with Crippen LogP contribution in [0.15, 0.2) is 48.7 Å². The third kappa shape index (κ3) is 5.98. The predicted octanol–water partition coefficient (Wildman–Crippen LogP) is 3.56. The summed E-state index contributed by atoms with van der Waals surface area (Å²) in [4.78, 5) is 15.8. The number of carbonyl (C=O) groups excluding carboxylic acids is 1. The van der Waals surface area contributed by atoms with E-state index >= 15 is 0 Å². The van der Waals surface area contributed by atoms with Crippen LogP contribution in [-0.4, -0.2) is 23.5 Å². The number of rotatable bonds is 8. The largest absolute Gasteiger partial charge is 0.484 e. The Balaban J connectivity index is 1.80. The van der Waals surface area contributed by atoms with Crippen LogP contribution < -0.4 is 14.8 Å². The van der Waals surface area contributed by atoms with Gasteiger partial charge in [-0.25, -0.2) is 4.98 Å². The Kier molecular flexibility index (Phi) is 6.41. The van der Waals surface area contributed by atoms with E-state index in [0.29, 0.717) is 17.4 Å². The second-order valence-electron chi connectivity index (χ2n) is 5.29. The molecule has 5 heteroatoms. The molecule has 0 aliphatic carbocycles. The molecule has 0 spiro atoms. The van der Waals surface area contributed by atoms with Gasteiger partial charge in [-0.2, -0.15) is 0 Å². The SMILES string of the molecule is CCCC(C)NC(=O)COc1ccc(Oc2ccccn2)cc1. The first-order chi connectivity index (χ1) is 11.2. The lowest BCUT2D eigenvalue weighted by molar-refractivity contribution is -0.123. The summed E-state index contributed by atoms with van der Waals surface area (Å²) < 4.78 is 11.1. The minimum atomic E-state index is -0.111. The van der Waals surface area contributed by atoms with Crippen molar-refractivity contribution in [3.05, 3.63) is 48.7 Å². The number of amides is 1. The zero-order chi connectivity index (χ0) is 16.5. The van der Waals surface area contributed by atoms with Crippen LogP contribution in [0.4, 0.5) is 0 Å². The van der Waals surface area contributed by atoms with E-state index in [-0.39, 0.29) is 18.6 Å². The van der Waals surface area contributed by atoms with Gasteiger partial charge in [-0.15, -0.1) is 0 Å². The number of hydrogen-bond acceptors (Lipinski definition) is 4. The zero-order valence-corrected chi connectivity index (χ0v) is 13.5. The number of carbonyl (C=O) groups is 1. The molecule has 1 aromatic heterocycles. The molecule has 1 aromatic carbocycles. The Hall–Kier alpha value is -2.56. The highest BCUT2D eigenvalue weighted by Gasteiger charge is 2.07. The fourth-order valence-corrected chi connectivity index (χ4v) is 2.10. The van der Waals surface area contributed by atoms with E-state index in [1.807, 2.05) is 19.1 Å². The molecule has 23 heavy (non-hydrogen) atoms. The molecule has 0 saturated heterocycles. The minimum Gasteiger partial charge on any atom is -0.484 e. The van der Waals surface area contributed by atoms with Gasteiger partial charge >= 0.3 is 0 Å². The van der Waals surface area contributed by atoms with Gasteiger partial charge in [0, 0.05) is 18.3 Å². The Morgan fingerprint density at radius 3 is 2.57 bits per heavy atom. The van der Waals surface area contributed by atoms with Crippen LogP contribution in [-0.2, 0) is 4.79 Å². The van der Waals surface area contributed by atoms with E-state index in [4.69, 9.17) is 9.47 Å². The van der Waals surface area contributed by atoms with Gasteiger partial charge in [0.05, 0.1) is 0 Å². The van der Waals surface area contributed by atoms with Crippen molar-refractivity contribution < 1.29 is 14.3 Å². The van der Waals surface area contributed by atoms with Gasteiger partial charge < -0.3 is 14.8 Å². The fourth-order valence-electron chi connectivity index (χ4n) is 2.10. The van der Waals surface area contributed by atoms with Crippen molar-refractivity contribution in [2.24, 2.45) is 0 Å². The lowest BCUT2D eigenvalue weighted by atomic mass is 10.2. The molecule has 0 bridgehead atoms. The Labute approximate surface area is 136 Å². The first-order valence-electron chi connectivity index (χ1n) is 7.78. The quantitative estimate of drug-likeness (QED) is 0.809. The monoisotopic (exact) mass is 314 g/mol. The molecule has 1 heterocycles. The molecule has 0 aliphatic heterocycles. The third-order valence-corrected chi connectivity index (χ3v) is 3.18. The van der Waals surface area contributed by atoms with Crippen LogP contribution >= 0.6 is 0 Å².